The van der Waals surface area contributed by atoms with Gasteiger partial charge in [0.15, 0.2) is 5.75 Å². The van der Waals surface area contributed by atoms with Gasteiger partial charge < -0.3 is 8.92 Å². The third kappa shape index (κ3) is 10.4. The summed E-state index contributed by atoms with van der Waals surface area (Å²) in [6.45, 7) is 2.56. The molecule has 0 amide bonds. The van der Waals surface area contributed by atoms with Crippen molar-refractivity contribution in [2.45, 2.75) is 71.1 Å². The number of benzene rings is 1. The summed E-state index contributed by atoms with van der Waals surface area (Å²) in [5.41, 5.74) is 0.130. The fourth-order valence-corrected chi connectivity index (χ4v) is 3.17. The largest absolute Gasteiger partial charge is 0.462 e. The Bertz CT molecular complexity index is 625. The Morgan fingerprint density at radius 2 is 1.42 bits per heavy atom. The van der Waals surface area contributed by atoms with Gasteiger partial charge in [-0.2, -0.15) is 8.42 Å². The molecule has 0 fully saturated rings. The van der Waals surface area contributed by atoms with Crippen molar-refractivity contribution in [2.24, 2.45) is 0 Å². The van der Waals surface area contributed by atoms with Gasteiger partial charge in [0.05, 0.1) is 12.9 Å². The highest BCUT2D eigenvalue weighted by molar-refractivity contribution is 7.86. The van der Waals surface area contributed by atoms with Crippen LogP contribution in [-0.4, -0.2) is 27.2 Å². The van der Waals surface area contributed by atoms with Crippen LogP contribution < -0.4 is 4.18 Å². The first-order valence-corrected chi connectivity index (χ1v) is 11.4. The van der Waals surface area contributed by atoms with Crippen molar-refractivity contribution in [1.82, 2.24) is 0 Å². The molecule has 26 heavy (non-hydrogen) atoms. The predicted molar refractivity (Wildman–Crippen MR) is 104 cm³/mol. The molecule has 1 aromatic carbocycles. The van der Waals surface area contributed by atoms with Crippen molar-refractivity contribution in [3.8, 4) is 5.75 Å². The van der Waals surface area contributed by atoms with Gasteiger partial charge >= 0.3 is 16.1 Å². The van der Waals surface area contributed by atoms with Crippen molar-refractivity contribution in [2.75, 3.05) is 12.9 Å². The molecule has 0 aliphatic carbocycles. The third-order valence-corrected chi connectivity index (χ3v) is 4.56. The summed E-state index contributed by atoms with van der Waals surface area (Å²) in [4.78, 5) is 12.1. The van der Waals surface area contributed by atoms with Gasteiger partial charge in [0, 0.05) is 0 Å². The maximum Gasteiger partial charge on any atom is 0.341 e. The number of rotatable bonds is 14. The summed E-state index contributed by atoms with van der Waals surface area (Å²) in [7, 11) is -3.69. The van der Waals surface area contributed by atoms with E-state index >= 15 is 0 Å². The number of unbranched alkanes of at least 4 members (excludes halogenated alkanes) is 9. The molecule has 6 heteroatoms. The molecule has 0 radical (unpaired) electrons. The van der Waals surface area contributed by atoms with Gasteiger partial charge in [-0.15, -0.1) is 0 Å². The van der Waals surface area contributed by atoms with Crippen molar-refractivity contribution < 1.29 is 22.1 Å². The molecule has 0 aliphatic rings. The van der Waals surface area contributed by atoms with E-state index in [-0.39, 0.29) is 11.3 Å². The zero-order chi connectivity index (χ0) is 19.3. The first-order valence-electron chi connectivity index (χ1n) is 9.59. The summed E-state index contributed by atoms with van der Waals surface area (Å²) in [5, 5.41) is 0. The summed E-state index contributed by atoms with van der Waals surface area (Å²) in [5.74, 6) is -0.553. The number of carbonyl (C=O) groups excluding carboxylic acids is 1. The van der Waals surface area contributed by atoms with E-state index in [9.17, 15) is 13.2 Å². The van der Waals surface area contributed by atoms with Gasteiger partial charge in [0.25, 0.3) is 0 Å². The standard InChI is InChI=1S/C20H32O5S/c1-3-4-5-6-7-8-9-10-11-14-17-24-20(21)18-15-12-13-16-19(18)25-26(2,22)23/h12-13,15-16H,3-11,14,17H2,1-2H3. The van der Waals surface area contributed by atoms with Crippen molar-refractivity contribution in [1.29, 1.82) is 0 Å². The molecule has 0 unspecified atom stereocenters. The third-order valence-electron chi connectivity index (χ3n) is 4.08. The molecule has 1 aromatic rings. The molecule has 0 saturated carbocycles. The van der Waals surface area contributed by atoms with Crippen LogP contribution in [0.2, 0.25) is 0 Å². The molecule has 0 aliphatic heterocycles. The van der Waals surface area contributed by atoms with Gasteiger partial charge in [-0.05, 0) is 18.6 Å². The van der Waals surface area contributed by atoms with Crippen LogP contribution in [0.15, 0.2) is 24.3 Å². The van der Waals surface area contributed by atoms with E-state index in [2.05, 4.69) is 6.92 Å². The zero-order valence-corrected chi connectivity index (χ0v) is 16.9. The van der Waals surface area contributed by atoms with Gasteiger partial charge in [-0.3, -0.25) is 0 Å². The number of hydrogen-bond acceptors (Lipinski definition) is 5. The minimum atomic E-state index is -3.69. The Labute approximate surface area is 158 Å². The lowest BCUT2D eigenvalue weighted by molar-refractivity contribution is 0.0496. The van der Waals surface area contributed by atoms with E-state index in [1.54, 1.807) is 12.1 Å². The Kier molecular flexibility index (Phi) is 11.0. The molecule has 0 N–H and O–H groups in total. The first kappa shape index (κ1) is 22.5. The number of ether oxygens (including phenoxy) is 1. The molecule has 5 nitrogen and oxygen atoms in total. The average Bonchev–Trinajstić information content (AvgIpc) is 2.58. The number of para-hydroxylation sites is 1. The molecular formula is C20H32O5S. The molecule has 0 atom stereocenters. The van der Waals surface area contributed by atoms with Crippen LogP contribution in [0.1, 0.15) is 81.5 Å². The van der Waals surface area contributed by atoms with Crippen LogP contribution in [0.25, 0.3) is 0 Å². The summed E-state index contributed by atoms with van der Waals surface area (Å²) >= 11 is 0. The predicted octanol–water partition coefficient (Wildman–Crippen LogP) is 5.10. The van der Waals surface area contributed by atoms with E-state index in [4.69, 9.17) is 8.92 Å². The SMILES string of the molecule is CCCCCCCCCCCCOC(=O)c1ccccc1OS(C)(=O)=O. The van der Waals surface area contributed by atoms with E-state index < -0.39 is 16.1 Å². The minimum Gasteiger partial charge on any atom is -0.462 e. The minimum absolute atomic E-state index is 0.00285. The lowest BCUT2D eigenvalue weighted by Crippen LogP contribution is -2.12. The molecule has 0 saturated heterocycles. The second kappa shape index (κ2) is 12.7. The smallest absolute Gasteiger partial charge is 0.341 e. The topological polar surface area (TPSA) is 69.7 Å². The average molecular weight is 385 g/mol. The van der Waals surface area contributed by atoms with Crippen molar-refractivity contribution in [3.05, 3.63) is 29.8 Å². The molecular weight excluding hydrogens is 352 g/mol. The highest BCUT2D eigenvalue weighted by Gasteiger charge is 2.16. The first-order chi connectivity index (χ1) is 12.4. The summed E-state index contributed by atoms with van der Waals surface area (Å²) in [6.07, 6.45) is 13.1. The quantitative estimate of drug-likeness (QED) is 0.253. The van der Waals surface area contributed by atoms with Gasteiger partial charge in [-0.25, -0.2) is 4.79 Å². The number of esters is 1. The van der Waals surface area contributed by atoms with Crippen molar-refractivity contribution >= 4 is 16.1 Å². The van der Waals surface area contributed by atoms with Gasteiger partial charge in [-0.1, -0.05) is 76.8 Å². The Morgan fingerprint density at radius 3 is 2.00 bits per heavy atom. The van der Waals surface area contributed by atoms with Crippen LogP contribution in [-0.2, 0) is 14.9 Å². The molecule has 1 rings (SSSR count). The molecule has 0 bridgehead atoms. The van der Waals surface area contributed by atoms with Gasteiger partial charge in [0.1, 0.15) is 5.56 Å². The molecule has 148 valence electrons. The fraction of sp³-hybridized carbons (Fsp3) is 0.650. The number of carbonyl (C=O) groups is 1. The van der Waals surface area contributed by atoms with Crippen molar-refractivity contribution in [3.63, 3.8) is 0 Å². The second-order valence-electron chi connectivity index (χ2n) is 6.60. The zero-order valence-electron chi connectivity index (χ0n) is 16.0. The Hall–Kier alpha value is -1.56. The van der Waals surface area contributed by atoms with E-state index in [1.807, 2.05) is 0 Å². The molecule has 0 heterocycles. The summed E-state index contributed by atoms with van der Waals surface area (Å²) in [6, 6.07) is 6.20. The fourth-order valence-electron chi connectivity index (χ4n) is 2.70. The Balaban J connectivity index is 2.19. The lowest BCUT2D eigenvalue weighted by atomic mass is 10.1. The van der Waals surface area contributed by atoms with Gasteiger partial charge in [0.2, 0.25) is 0 Å². The highest BCUT2D eigenvalue weighted by Crippen LogP contribution is 2.20. The Morgan fingerprint density at radius 1 is 0.885 bits per heavy atom. The monoisotopic (exact) mass is 384 g/mol. The van der Waals surface area contributed by atoms with E-state index in [0.717, 1.165) is 25.5 Å². The van der Waals surface area contributed by atoms with Crippen LogP contribution in [0.4, 0.5) is 0 Å². The normalized spacial score (nSPS) is 11.3. The highest BCUT2D eigenvalue weighted by atomic mass is 32.2. The second-order valence-corrected chi connectivity index (χ2v) is 8.18. The summed E-state index contributed by atoms with van der Waals surface area (Å²) < 4.78 is 32.6. The van der Waals surface area contributed by atoms with Crippen LogP contribution in [0.3, 0.4) is 0 Å². The number of hydrogen-bond donors (Lipinski definition) is 0. The maximum atomic E-state index is 12.1. The van der Waals surface area contributed by atoms with E-state index in [0.29, 0.717) is 6.61 Å². The molecule has 0 aromatic heterocycles. The van der Waals surface area contributed by atoms with Crippen LogP contribution in [0.5, 0.6) is 5.75 Å². The lowest BCUT2D eigenvalue weighted by Gasteiger charge is -2.09. The van der Waals surface area contributed by atoms with E-state index in [1.165, 1.54) is 57.1 Å². The maximum absolute atomic E-state index is 12.1. The van der Waals surface area contributed by atoms with Crippen LogP contribution >= 0.6 is 0 Å². The molecule has 0 spiro atoms. The van der Waals surface area contributed by atoms with Crippen LogP contribution in [0, 0.1) is 0 Å².